The molecule has 0 aliphatic heterocycles. The molecule has 6 nitrogen and oxygen atoms in total. The number of para-hydroxylation sites is 1. The first-order valence-electron chi connectivity index (χ1n) is 11.9. The molecule has 0 spiro atoms. The second kappa shape index (κ2) is 8.84. The fourth-order valence-electron chi connectivity index (χ4n) is 5.07. The van der Waals surface area contributed by atoms with Gasteiger partial charge in [-0.2, -0.15) is 5.10 Å². The zero-order valence-corrected chi connectivity index (χ0v) is 21.2. The molecular formula is C29H25N5OS. The number of aryl methyl sites for hydroxylation is 2. The fraction of sp³-hybridized carbons (Fsp3) is 0.172. The molecule has 1 atom stereocenters. The minimum absolute atomic E-state index is 0.0285. The van der Waals surface area contributed by atoms with Crippen molar-refractivity contribution in [2.75, 3.05) is 0 Å². The Labute approximate surface area is 212 Å². The predicted octanol–water partition coefficient (Wildman–Crippen LogP) is 6.05. The number of fused-ring (bicyclic) bond motifs is 2. The molecule has 6 aromatic rings. The van der Waals surface area contributed by atoms with E-state index in [1.165, 1.54) is 0 Å². The molecule has 0 saturated carbocycles. The van der Waals surface area contributed by atoms with Crippen molar-refractivity contribution < 1.29 is 0 Å². The predicted molar refractivity (Wildman–Crippen MR) is 146 cm³/mol. The van der Waals surface area contributed by atoms with Crippen LogP contribution >= 0.6 is 11.3 Å². The van der Waals surface area contributed by atoms with Crippen LogP contribution < -0.4 is 5.56 Å². The lowest BCUT2D eigenvalue weighted by Gasteiger charge is -2.21. The van der Waals surface area contributed by atoms with Crippen molar-refractivity contribution in [3.63, 3.8) is 0 Å². The third-order valence-electron chi connectivity index (χ3n) is 6.72. The Morgan fingerprint density at radius 2 is 1.83 bits per heavy atom. The highest BCUT2D eigenvalue weighted by atomic mass is 32.1. The Hall–Kier alpha value is -4.10. The van der Waals surface area contributed by atoms with Crippen molar-refractivity contribution in [1.29, 1.82) is 0 Å². The largest absolute Gasteiger partial charge is 0.280 e. The van der Waals surface area contributed by atoms with Gasteiger partial charge in [-0.05, 0) is 48.6 Å². The zero-order valence-electron chi connectivity index (χ0n) is 20.3. The SMILES string of the molecule is Cc1nn(C)cc1-c1cccc2cc([C@H](C)Cc3nccc4scnc34)n(-c3ccccc3)c(=O)c12. The highest BCUT2D eigenvalue weighted by Gasteiger charge is 2.21. The first-order chi connectivity index (χ1) is 17.5. The summed E-state index contributed by atoms with van der Waals surface area (Å²) >= 11 is 1.62. The molecule has 0 N–H and O–H groups in total. The molecule has 6 rings (SSSR count). The topological polar surface area (TPSA) is 65.6 Å². The summed E-state index contributed by atoms with van der Waals surface area (Å²) in [7, 11) is 1.90. The maximum Gasteiger partial charge on any atom is 0.263 e. The lowest BCUT2D eigenvalue weighted by Crippen LogP contribution is -2.24. The van der Waals surface area contributed by atoms with E-state index in [9.17, 15) is 4.79 Å². The Kier molecular flexibility index (Phi) is 5.49. The van der Waals surface area contributed by atoms with Gasteiger partial charge in [-0.3, -0.25) is 19.0 Å². The lowest BCUT2D eigenvalue weighted by atomic mass is 9.94. The maximum atomic E-state index is 14.3. The molecule has 0 radical (unpaired) electrons. The average Bonchev–Trinajstić information content (AvgIpc) is 3.50. The molecule has 4 aromatic heterocycles. The number of hydrogen-bond acceptors (Lipinski definition) is 5. The Morgan fingerprint density at radius 1 is 1.00 bits per heavy atom. The van der Waals surface area contributed by atoms with Gasteiger partial charge in [0.25, 0.3) is 5.56 Å². The number of pyridine rings is 2. The van der Waals surface area contributed by atoms with E-state index in [2.05, 4.69) is 28.1 Å². The molecule has 0 aliphatic rings. The van der Waals surface area contributed by atoms with Crippen LogP contribution in [0.5, 0.6) is 0 Å². The average molecular weight is 492 g/mol. The Morgan fingerprint density at radius 3 is 2.61 bits per heavy atom. The molecule has 36 heavy (non-hydrogen) atoms. The summed E-state index contributed by atoms with van der Waals surface area (Å²) in [6.07, 6.45) is 4.50. The van der Waals surface area contributed by atoms with Gasteiger partial charge in [0.05, 0.1) is 27.0 Å². The van der Waals surface area contributed by atoms with E-state index < -0.39 is 0 Å². The van der Waals surface area contributed by atoms with Crippen molar-refractivity contribution in [2.24, 2.45) is 7.05 Å². The molecule has 0 amide bonds. The molecule has 4 heterocycles. The van der Waals surface area contributed by atoms with Crippen LogP contribution in [0.15, 0.2) is 83.4 Å². The van der Waals surface area contributed by atoms with Gasteiger partial charge >= 0.3 is 0 Å². The van der Waals surface area contributed by atoms with Gasteiger partial charge in [0, 0.05) is 42.3 Å². The summed E-state index contributed by atoms with van der Waals surface area (Å²) in [5.41, 5.74) is 8.30. The fourth-order valence-corrected chi connectivity index (χ4v) is 5.76. The highest BCUT2D eigenvalue weighted by Crippen LogP contribution is 2.32. The summed E-state index contributed by atoms with van der Waals surface area (Å²) in [5, 5.41) is 6.14. The third-order valence-corrected chi connectivity index (χ3v) is 7.52. The van der Waals surface area contributed by atoms with Crippen LogP contribution in [0.2, 0.25) is 0 Å². The van der Waals surface area contributed by atoms with E-state index in [0.29, 0.717) is 11.8 Å². The van der Waals surface area contributed by atoms with Gasteiger partial charge in [0.2, 0.25) is 0 Å². The summed E-state index contributed by atoms with van der Waals surface area (Å²) < 4.78 is 4.79. The standard InChI is InChI=1S/C29H25N5OS/c1-18(14-24-28-26(12-13-30-24)36-17-31-28)25-15-20-8-7-11-22(23-16-33(3)32-19(23)2)27(20)29(35)34(25)21-9-5-4-6-10-21/h4-13,15-18H,14H2,1-3H3/t18-/m1/s1. The van der Waals surface area contributed by atoms with Crippen LogP contribution in [0.3, 0.4) is 0 Å². The van der Waals surface area contributed by atoms with Crippen LogP contribution in [0.4, 0.5) is 0 Å². The quantitative estimate of drug-likeness (QED) is 0.294. The molecule has 0 bridgehead atoms. The summed E-state index contributed by atoms with van der Waals surface area (Å²) in [5.74, 6) is 0.0332. The Balaban J connectivity index is 1.58. The minimum Gasteiger partial charge on any atom is -0.280 e. The van der Waals surface area contributed by atoms with Gasteiger partial charge < -0.3 is 0 Å². The molecule has 0 unspecified atom stereocenters. The van der Waals surface area contributed by atoms with Crippen molar-refractivity contribution >= 4 is 32.3 Å². The molecule has 0 fully saturated rings. The molecule has 178 valence electrons. The van der Waals surface area contributed by atoms with Gasteiger partial charge in [0.1, 0.15) is 5.52 Å². The zero-order chi connectivity index (χ0) is 24.8. The number of aromatic nitrogens is 5. The summed E-state index contributed by atoms with van der Waals surface area (Å²) in [4.78, 5) is 23.5. The van der Waals surface area contributed by atoms with E-state index in [4.69, 9.17) is 0 Å². The van der Waals surface area contributed by atoms with Gasteiger partial charge in [-0.15, -0.1) is 11.3 Å². The van der Waals surface area contributed by atoms with Crippen LogP contribution in [0.25, 0.3) is 37.8 Å². The van der Waals surface area contributed by atoms with Gasteiger partial charge in [0.15, 0.2) is 0 Å². The van der Waals surface area contributed by atoms with Crippen molar-refractivity contribution in [3.8, 4) is 16.8 Å². The van der Waals surface area contributed by atoms with E-state index in [1.807, 2.05) is 91.0 Å². The second-order valence-corrected chi connectivity index (χ2v) is 10.1. The van der Waals surface area contributed by atoms with Crippen LogP contribution in [-0.4, -0.2) is 24.3 Å². The number of rotatable bonds is 5. The second-order valence-electron chi connectivity index (χ2n) is 9.18. The number of benzene rings is 2. The van der Waals surface area contributed by atoms with Crippen LogP contribution in [0.1, 0.15) is 29.9 Å². The van der Waals surface area contributed by atoms with E-state index in [0.717, 1.165) is 49.5 Å². The first kappa shape index (κ1) is 22.4. The van der Waals surface area contributed by atoms with Gasteiger partial charge in [-0.1, -0.05) is 43.3 Å². The number of thiazole rings is 1. The van der Waals surface area contributed by atoms with Crippen LogP contribution in [0, 0.1) is 6.92 Å². The molecule has 7 heteroatoms. The third kappa shape index (κ3) is 3.72. The summed E-state index contributed by atoms with van der Waals surface area (Å²) in [6, 6.07) is 20.1. The smallest absolute Gasteiger partial charge is 0.263 e. The monoisotopic (exact) mass is 491 g/mol. The maximum absolute atomic E-state index is 14.3. The van der Waals surface area contributed by atoms with Gasteiger partial charge in [-0.25, -0.2) is 4.98 Å². The molecular weight excluding hydrogens is 466 g/mol. The first-order valence-corrected chi connectivity index (χ1v) is 12.8. The number of hydrogen-bond donors (Lipinski definition) is 0. The van der Waals surface area contributed by atoms with Crippen LogP contribution in [-0.2, 0) is 13.5 Å². The van der Waals surface area contributed by atoms with Crippen molar-refractivity contribution in [2.45, 2.75) is 26.2 Å². The summed E-state index contributed by atoms with van der Waals surface area (Å²) in [6.45, 7) is 4.13. The molecule has 0 aliphatic carbocycles. The van der Waals surface area contributed by atoms with E-state index in [-0.39, 0.29) is 11.5 Å². The van der Waals surface area contributed by atoms with Crippen molar-refractivity contribution in [1.82, 2.24) is 24.3 Å². The molecule has 2 aromatic carbocycles. The normalized spacial score (nSPS) is 12.4. The lowest BCUT2D eigenvalue weighted by molar-refractivity contribution is 0.688. The van der Waals surface area contributed by atoms with E-state index >= 15 is 0 Å². The minimum atomic E-state index is -0.0285. The highest BCUT2D eigenvalue weighted by molar-refractivity contribution is 7.16. The van der Waals surface area contributed by atoms with E-state index in [1.54, 1.807) is 16.0 Å². The molecule has 0 saturated heterocycles. The number of nitrogens with zero attached hydrogens (tertiary/aromatic N) is 5. The Bertz CT molecular complexity index is 1780. The van der Waals surface area contributed by atoms with Crippen molar-refractivity contribution in [3.05, 3.63) is 106 Å².